The minimum absolute atomic E-state index is 0.203. The number of benzene rings is 1. The van der Waals surface area contributed by atoms with Gasteiger partial charge in [0.05, 0.1) is 7.11 Å². The highest BCUT2D eigenvalue weighted by Gasteiger charge is 2.21. The van der Waals surface area contributed by atoms with E-state index in [4.69, 9.17) is 4.74 Å². The van der Waals surface area contributed by atoms with Gasteiger partial charge in [-0.05, 0) is 38.4 Å². The fourth-order valence-electron chi connectivity index (χ4n) is 2.22. The van der Waals surface area contributed by atoms with Crippen LogP contribution in [0.4, 0.5) is 5.69 Å². The molecule has 0 aliphatic carbocycles. The third kappa shape index (κ3) is 4.53. The summed E-state index contributed by atoms with van der Waals surface area (Å²) in [6.07, 6.45) is 0.990. The summed E-state index contributed by atoms with van der Waals surface area (Å²) in [7, 11) is 1.44. The molecule has 0 saturated carbocycles. The molecule has 1 rings (SSSR count). The number of methoxy groups -OCH3 is 1. The van der Waals surface area contributed by atoms with E-state index in [0.29, 0.717) is 6.54 Å². The van der Waals surface area contributed by atoms with Gasteiger partial charge in [0.2, 0.25) is 0 Å². The van der Waals surface area contributed by atoms with E-state index >= 15 is 0 Å². The third-order valence-corrected chi connectivity index (χ3v) is 3.37. The lowest BCUT2D eigenvalue weighted by atomic mass is 10.1. The summed E-state index contributed by atoms with van der Waals surface area (Å²) in [5.74, 6) is -0.203. The normalized spacial score (nSPS) is 12.0. The number of rotatable bonds is 8. The molecule has 1 N–H and O–H groups in total. The van der Waals surface area contributed by atoms with E-state index < -0.39 is 0 Å². The smallest absolute Gasteiger partial charge is 0.324 e. The van der Waals surface area contributed by atoms with Gasteiger partial charge < -0.3 is 15.0 Å². The molecular weight excluding hydrogens is 252 g/mol. The van der Waals surface area contributed by atoms with Crippen molar-refractivity contribution in [3.05, 3.63) is 29.8 Å². The molecule has 1 unspecified atom stereocenters. The summed E-state index contributed by atoms with van der Waals surface area (Å²) < 4.78 is 4.89. The molecule has 4 nitrogen and oxygen atoms in total. The molecule has 1 aromatic carbocycles. The van der Waals surface area contributed by atoms with Gasteiger partial charge in [0.1, 0.15) is 6.04 Å². The van der Waals surface area contributed by atoms with Gasteiger partial charge >= 0.3 is 5.97 Å². The number of carbonyl (C=O) groups is 1. The van der Waals surface area contributed by atoms with Crippen LogP contribution in [-0.4, -0.2) is 38.8 Å². The van der Waals surface area contributed by atoms with Gasteiger partial charge in [-0.25, -0.2) is 0 Å². The van der Waals surface area contributed by atoms with Crippen LogP contribution in [0.3, 0.4) is 0 Å². The van der Waals surface area contributed by atoms with E-state index in [1.165, 1.54) is 18.4 Å². The highest BCUT2D eigenvalue weighted by molar-refractivity contribution is 5.76. The van der Waals surface area contributed by atoms with Gasteiger partial charge in [0.25, 0.3) is 0 Å². The summed E-state index contributed by atoms with van der Waals surface area (Å²) in [6, 6.07) is 7.94. The predicted octanol–water partition coefficient (Wildman–Crippen LogP) is 2.36. The third-order valence-electron chi connectivity index (χ3n) is 3.37. The number of anilines is 1. The fraction of sp³-hybridized carbons (Fsp3) is 0.562. The van der Waals surface area contributed by atoms with E-state index in [1.54, 1.807) is 0 Å². The van der Waals surface area contributed by atoms with Gasteiger partial charge in [-0.3, -0.25) is 4.79 Å². The summed E-state index contributed by atoms with van der Waals surface area (Å²) in [5.41, 5.74) is 2.38. The Kier molecular flexibility index (Phi) is 7.09. The van der Waals surface area contributed by atoms with Crippen LogP contribution in [0.25, 0.3) is 0 Å². The molecule has 20 heavy (non-hydrogen) atoms. The van der Waals surface area contributed by atoms with Gasteiger partial charge in [-0.15, -0.1) is 0 Å². The number of aryl methyl sites for hydroxylation is 1. The number of para-hydroxylation sites is 1. The second kappa shape index (κ2) is 8.59. The Morgan fingerprint density at radius 1 is 1.35 bits per heavy atom. The van der Waals surface area contributed by atoms with E-state index in [2.05, 4.69) is 43.1 Å². The summed E-state index contributed by atoms with van der Waals surface area (Å²) in [5, 5.41) is 3.26. The summed E-state index contributed by atoms with van der Waals surface area (Å²) in [6.45, 7) is 8.55. The van der Waals surface area contributed by atoms with Gasteiger partial charge in [-0.2, -0.15) is 0 Å². The molecular formula is C16H26N2O2. The number of nitrogens with zero attached hydrogens (tertiary/aromatic N) is 1. The minimum atomic E-state index is -0.292. The Bertz CT molecular complexity index is 421. The lowest BCUT2D eigenvalue weighted by Gasteiger charge is -2.29. The van der Waals surface area contributed by atoms with Crippen molar-refractivity contribution < 1.29 is 9.53 Å². The molecule has 0 radical (unpaired) electrons. The van der Waals surface area contributed by atoms with Crippen molar-refractivity contribution in [3.8, 4) is 0 Å². The lowest BCUT2D eigenvalue weighted by Crippen LogP contribution is -2.47. The van der Waals surface area contributed by atoms with Crippen molar-refractivity contribution in [3.63, 3.8) is 0 Å². The number of carbonyl (C=O) groups excluding carboxylic acids is 1. The van der Waals surface area contributed by atoms with E-state index in [0.717, 1.165) is 19.5 Å². The van der Waals surface area contributed by atoms with Gasteiger partial charge in [-0.1, -0.05) is 25.1 Å². The minimum Gasteiger partial charge on any atom is -0.468 e. The zero-order chi connectivity index (χ0) is 15.0. The van der Waals surface area contributed by atoms with Crippen molar-refractivity contribution in [2.75, 3.05) is 31.6 Å². The van der Waals surface area contributed by atoms with E-state index in [9.17, 15) is 4.79 Å². The van der Waals surface area contributed by atoms with Crippen molar-refractivity contribution in [1.29, 1.82) is 0 Å². The Morgan fingerprint density at radius 2 is 2.05 bits per heavy atom. The molecule has 0 aliphatic heterocycles. The monoisotopic (exact) mass is 278 g/mol. The molecule has 0 aliphatic rings. The summed E-state index contributed by atoms with van der Waals surface area (Å²) in [4.78, 5) is 14.1. The Labute approximate surface area is 122 Å². The van der Waals surface area contributed by atoms with Crippen LogP contribution in [0.2, 0.25) is 0 Å². The highest BCUT2D eigenvalue weighted by atomic mass is 16.5. The van der Waals surface area contributed by atoms with Crippen molar-refractivity contribution in [2.24, 2.45) is 0 Å². The number of hydrogen-bond donors (Lipinski definition) is 1. The number of hydrogen-bond acceptors (Lipinski definition) is 4. The van der Waals surface area contributed by atoms with Crippen LogP contribution in [0, 0.1) is 6.92 Å². The molecule has 112 valence electrons. The second-order valence-electron chi connectivity index (χ2n) is 4.85. The Balaban J connectivity index is 2.83. The fourth-order valence-corrected chi connectivity index (χ4v) is 2.22. The number of likely N-dealkylation sites (N-methyl/N-ethyl adjacent to an activating group) is 1. The molecule has 1 atom stereocenters. The SMILES string of the molecule is CCCNC(CN(CC)c1ccccc1C)C(=O)OC. The van der Waals surface area contributed by atoms with Crippen LogP contribution in [0.15, 0.2) is 24.3 Å². The maximum absolute atomic E-state index is 11.9. The maximum atomic E-state index is 11.9. The number of ether oxygens (including phenoxy) is 1. The molecule has 0 spiro atoms. The van der Waals surface area contributed by atoms with Crippen LogP contribution in [0.5, 0.6) is 0 Å². The summed E-state index contributed by atoms with van der Waals surface area (Å²) >= 11 is 0. The van der Waals surface area contributed by atoms with E-state index in [-0.39, 0.29) is 12.0 Å². The first-order chi connectivity index (χ1) is 9.63. The van der Waals surface area contributed by atoms with Crippen LogP contribution >= 0.6 is 0 Å². The highest BCUT2D eigenvalue weighted by Crippen LogP contribution is 2.19. The molecule has 4 heteroatoms. The number of nitrogens with one attached hydrogen (secondary N) is 1. The number of esters is 1. The van der Waals surface area contributed by atoms with Gasteiger partial charge in [0, 0.05) is 18.8 Å². The topological polar surface area (TPSA) is 41.6 Å². The Morgan fingerprint density at radius 3 is 2.60 bits per heavy atom. The zero-order valence-corrected chi connectivity index (χ0v) is 13.0. The molecule has 0 saturated heterocycles. The van der Waals surface area contributed by atoms with Crippen LogP contribution < -0.4 is 10.2 Å². The molecule has 0 fully saturated rings. The second-order valence-corrected chi connectivity index (χ2v) is 4.85. The first-order valence-corrected chi connectivity index (χ1v) is 7.25. The van der Waals surface area contributed by atoms with Crippen molar-refractivity contribution in [2.45, 2.75) is 33.2 Å². The molecule has 0 heterocycles. The lowest BCUT2D eigenvalue weighted by molar-refractivity contribution is -0.142. The first-order valence-electron chi connectivity index (χ1n) is 7.25. The molecule has 0 amide bonds. The molecule has 1 aromatic rings. The molecule has 0 bridgehead atoms. The molecule has 0 aromatic heterocycles. The standard InChI is InChI=1S/C16H26N2O2/c1-5-11-17-14(16(19)20-4)12-18(6-2)15-10-8-7-9-13(15)3/h7-10,14,17H,5-6,11-12H2,1-4H3. The maximum Gasteiger partial charge on any atom is 0.324 e. The van der Waals surface area contributed by atoms with E-state index in [1.807, 2.05) is 12.1 Å². The van der Waals surface area contributed by atoms with Crippen LogP contribution in [0.1, 0.15) is 25.8 Å². The quantitative estimate of drug-likeness (QED) is 0.741. The van der Waals surface area contributed by atoms with Crippen molar-refractivity contribution >= 4 is 11.7 Å². The van der Waals surface area contributed by atoms with Crippen molar-refractivity contribution in [1.82, 2.24) is 5.32 Å². The average molecular weight is 278 g/mol. The van der Waals surface area contributed by atoms with Crippen LogP contribution in [-0.2, 0) is 9.53 Å². The largest absolute Gasteiger partial charge is 0.468 e. The first kappa shape index (κ1) is 16.5. The average Bonchev–Trinajstić information content (AvgIpc) is 2.48. The van der Waals surface area contributed by atoms with Gasteiger partial charge in [0.15, 0.2) is 0 Å². The zero-order valence-electron chi connectivity index (χ0n) is 13.0. The predicted molar refractivity (Wildman–Crippen MR) is 83.2 cm³/mol. The Hall–Kier alpha value is -1.55.